The molecule has 0 radical (unpaired) electrons. The van der Waals surface area contributed by atoms with Crippen LogP contribution in [0.3, 0.4) is 0 Å². The highest BCUT2D eigenvalue weighted by Gasteiger charge is 2.08. The predicted octanol–water partition coefficient (Wildman–Crippen LogP) is 3.90. The van der Waals surface area contributed by atoms with Crippen molar-refractivity contribution in [3.8, 4) is 11.5 Å². The van der Waals surface area contributed by atoms with Crippen LogP contribution >= 0.6 is 0 Å². The van der Waals surface area contributed by atoms with Crippen molar-refractivity contribution in [3.63, 3.8) is 0 Å². The number of benzene rings is 3. The number of amides is 1. The van der Waals surface area contributed by atoms with Crippen molar-refractivity contribution < 1.29 is 9.53 Å². The van der Waals surface area contributed by atoms with Crippen molar-refractivity contribution in [2.45, 2.75) is 0 Å². The van der Waals surface area contributed by atoms with Gasteiger partial charge in [0.05, 0.1) is 0 Å². The molecule has 3 aromatic rings. The molecule has 0 heterocycles. The van der Waals surface area contributed by atoms with Crippen LogP contribution in [-0.4, -0.2) is 5.91 Å². The molecule has 5 nitrogen and oxygen atoms in total. The maximum Gasteiger partial charge on any atom is 0.255 e. The second-order valence-electron chi connectivity index (χ2n) is 5.28. The van der Waals surface area contributed by atoms with E-state index in [9.17, 15) is 4.79 Å². The van der Waals surface area contributed by atoms with Gasteiger partial charge in [-0.1, -0.05) is 18.2 Å². The zero-order valence-electron chi connectivity index (χ0n) is 12.9. The van der Waals surface area contributed by atoms with Gasteiger partial charge in [0.1, 0.15) is 11.5 Å². The van der Waals surface area contributed by atoms with E-state index in [2.05, 4.69) is 5.32 Å². The normalized spacial score (nSPS) is 10.2. The molecule has 5 heteroatoms. The van der Waals surface area contributed by atoms with Gasteiger partial charge in [-0.25, -0.2) is 0 Å². The molecule has 3 rings (SSSR count). The lowest BCUT2D eigenvalue weighted by Gasteiger charge is -2.09. The van der Waals surface area contributed by atoms with Crippen molar-refractivity contribution in [2.24, 2.45) is 0 Å². The van der Waals surface area contributed by atoms with Crippen LogP contribution in [-0.2, 0) is 0 Å². The van der Waals surface area contributed by atoms with Gasteiger partial charge in [-0.05, 0) is 54.6 Å². The van der Waals surface area contributed by atoms with Crippen LogP contribution in [0.4, 0.5) is 17.1 Å². The summed E-state index contributed by atoms with van der Waals surface area (Å²) in [5.74, 6) is 1.17. The summed E-state index contributed by atoms with van der Waals surface area (Å²) in [5, 5.41) is 2.80. The molecule has 0 aliphatic heterocycles. The smallest absolute Gasteiger partial charge is 0.255 e. The Balaban J connectivity index is 1.68. The van der Waals surface area contributed by atoms with Crippen LogP contribution in [0.5, 0.6) is 11.5 Å². The van der Waals surface area contributed by atoms with Crippen LogP contribution in [0, 0.1) is 0 Å². The lowest BCUT2D eigenvalue weighted by Crippen LogP contribution is -2.12. The number of nitrogens with two attached hydrogens (primary N) is 2. The average Bonchev–Trinajstić information content (AvgIpc) is 2.57. The second kappa shape index (κ2) is 6.75. The van der Waals surface area contributed by atoms with Crippen LogP contribution in [0.2, 0.25) is 0 Å². The Hall–Kier alpha value is -3.47. The summed E-state index contributed by atoms with van der Waals surface area (Å²) < 4.78 is 5.71. The van der Waals surface area contributed by atoms with E-state index in [4.69, 9.17) is 16.2 Å². The summed E-state index contributed by atoms with van der Waals surface area (Å²) in [6.45, 7) is 0. The number of rotatable bonds is 4. The molecule has 0 saturated carbocycles. The van der Waals surface area contributed by atoms with Gasteiger partial charge in [0.2, 0.25) is 0 Å². The number of anilines is 3. The Labute approximate surface area is 139 Å². The van der Waals surface area contributed by atoms with Crippen molar-refractivity contribution in [3.05, 3.63) is 78.4 Å². The SMILES string of the molecule is Nc1cc(N)cc(C(=O)Nc2ccc(Oc3ccccc3)cc2)c1. The minimum atomic E-state index is -0.272. The number of nitrogens with one attached hydrogen (secondary N) is 1. The number of carbonyl (C=O) groups is 1. The Morgan fingerprint density at radius 3 is 2.00 bits per heavy atom. The molecule has 24 heavy (non-hydrogen) atoms. The predicted molar refractivity (Wildman–Crippen MR) is 96.2 cm³/mol. The van der Waals surface area contributed by atoms with Crippen molar-refractivity contribution in [2.75, 3.05) is 16.8 Å². The topological polar surface area (TPSA) is 90.4 Å². The summed E-state index contributed by atoms with van der Waals surface area (Å²) in [4.78, 5) is 12.2. The van der Waals surface area contributed by atoms with Crippen LogP contribution in [0.25, 0.3) is 0 Å². The van der Waals surface area contributed by atoms with E-state index in [0.717, 1.165) is 5.75 Å². The third-order valence-corrected chi connectivity index (χ3v) is 3.33. The summed E-state index contributed by atoms with van der Waals surface area (Å²) in [6, 6.07) is 21.4. The first-order chi connectivity index (χ1) is 11.6. The molecular formula is C19H17N3O2. The van der Waals surface area contributed by atoms with Crippen LogP contribution in [0.15, 0.2) is 72.8 Å². The Morgan fingerprint density at radius 2 is 1.38 bits per heavy atom. The standard InChI is InChI=1S/C19H17N3O2/c20-14-10-13(11-15(21)12-14)19(23)22-16-6-8-18(9-7-16)24-17-4-2-1-3-5-17/h1-12H,20-21H2,(H,22,23). The fourth-order valence-corrected chi connectivity index (χ4v) is 2.24. The Bertz CT molecular complexity index is 826. The molecule has 0 aliphatic carbocycles. The van der Waals surface area contributed by atoms with Gasteiger partial charge in [-0.15, -0.1) is 0 Å². The van der Waals surface area contributed by atoms with Gasteiger partial charge >= 0.3 is 0 Å². The summed E-state index contributed by atoms with van der Waals surface area (Å²) in [6.07, 6.45) is 0. The number of para-hydroxylation sites is 1. The van der Waals surface area contributed by atoms with E-state index in [1.807, 2.05) is 30.3 Å². The third-order valence-electron chi connectivity index (χ3n) is 3.33. The number of nitrogen functional groups attached to an aromatic ring is 2. The van der Waals surface area contributed by atoms with Gasteiger partial charge in [0, 0.05) is 22.6 Å². The van der Waals surface area contributed by atoms with Gasteiger partial charge in [0.25, 0.3) is 5.91 Å². The van der Waals surface area contributed by atoms with Crippen LogP contribution < -0.4 is 21.5 Å². The molecule has 1 amide bonds. The molecule has 0 fully saturated rings. The molecular weight excluding hydrogens is 302 g/mol. The quantitative estimate of drug-likeness (QED) is 0.636. The first-order valence-electron chi connectivity index (χ1n) is 7.40. The molecule has 0 unspecified atom stereocenters. The average molecular weight is 319 g/mol. The van der Waals surface area contributed by atoms with E-state index in [-0.39, 0.29) is 5.91 Å². The number of carbonyl (C=O) groups excluding carboxylic acids is 1. The maximum atomic E-state index is 12.2. The maximum absolute atomic E-state index is 12.2. The fraction of sp³-hybridized carbons (Fsp3) is 0. The summed E-state index contributed by atoms with van der Waals surface area (Å²) >= 11 is 0. The minimum Gasteiger partial charge on any atom is -0.457 e. The van der Waals surface area contributed by atoms with E-state index >= 15 is 0 Å². The first-order valence-corrected chi connectivity index (χ1v) is 7.40. The molecule has 0 bridgehead atoms. The molecule has 3 aromatic carbocycles. The van der Waals surface area contributed by atoms with Gasteiger partial charge in [-0.3, -0.25) is 4.79 Å². The first kappa shape index (κ1) is 15.4. The molecule has 0 saturated heterocycles. The number of ether oxygens (including phenoxy) is 1. The second-order valence-corrected chi connectivity index (χ2v) is 5.28. The van der Waals surface area contributed by atoms with Gasteiger partial charge < -0.3 is 21.5 Å². The zero-order chi connectivity index (χ0) is 16.9. The van der Waals surface area contributed by atoms with E-state index in [1.54, 1.807) is 42.5 Å². The number of hydrogen-bond donors (Lipinski definition) is 3. The van der Waals surface area contributed by atoms with Crippen molar-refractivity contribution in [1.29, 1.82) is 0 Å². The Morgan fingerprint density at radius 1 is 0.792 bits per heavy atom. The monoisotopic (exact) mass is 319 g/mol. The minimum absolute atomic E-state index is 0.272. The summed E-state index contributed by atoms with van der Waals surface area (Å²) in [5.41, 5.74) is 13.4. The lowest BCUT2D eigenvalue weighted by atomic mass is 10.1. The highest BCUT2D eigenvalue weighted by atomic mass is 16.5. The van der Waals surface area contributed by atoms with Gasteiger partial charge in [-0.2, -0.15) is 0 Å². The highest BCUT2D eigenvalue weighted by Crippen LogP contribution is 2.23. The molecule has 5 N–H and O–H groups in total. The highest BCUT2D eigenvalue weighted by molar-refractivity contribution is 6.05. The Kier molecular flexibility index (Phi) is 4.34. The molecule has 120 valence electrons. The molecule has 0 aromatic heterocycles. The number of hydrogen-bond acceptors (Lipinski definition) is 4. The van der Waals surface area contributed by atoms with E-state index < -0.39 is 0 Å². The van der Waals surface area contributed by atoms with Gasteiger partial charge in [0.15, 0.2) is 0 Å². The van der Waals surface area contributed by atoms with Crippen molar-refractivity contribution >= 4 is 23.0 Å². The molecule has 0 spiro atoms. The molecule has 0 aliphatic rings. The summed E-state index contributed by atoms with van der Waals surface area (Å²) in [7, 11) is 0. The molecule has 0 atom stereocenters. The fourth-order valence-electron chi connectivity index (χ4n) is 2.24. The third kappa shape index (κ3) is 3.84. The van der Waals surface area contributed by atoms with E-state index in [1.165, 1.54) is 0 Å². The lowest BCUT2D eigenvalue weighted by molar-refractivity contribution is 0.102. The van der Waals surface area contributed by atoms with Crippen molar-refractivity contribution in [1.82, 2.24) is 0 Å². The van der Waals surface area contributed by atoms with E-state index in [0.29, 0.717) is 28.4 Å². The van der Waals surface area contributed by atoms with Crippen LogP contribution in [0.1, 0.15) is 10.4 Å². The zero-order valence-corrected chi connectivity index (χ0v) is 12.9. The largest absolute Gasteiger partial charge is 0.457 e.